The maximum Gasteiger partial charge on any atom is 0.175 e. The van der Waals surface area contributed by atoms with E-state index in [0.29, 0.717) is 22.8 Å². The Morgan fingerprint density at radius 1 is 1.29 bits per heavy atom. The fraction of sp³-hybridized carbons (Fsp3) is 0.214. The Morgan fingerprint density at radius 3 is 2.57 bits per heavy atom. The van der Waals surface area contributed by atoms with Crippen molar-refractivity contribution in [1.82, 2.24) is 9.97 Å². The van der Waals surface area contributed by atoms with Crippen molar-refractivity contribution >= 4 is 15.7 Å². The molecule has 7 heteroatoms. The molecule has 0 fully saturated rings. The van der Waals surface area contributed by atoms with E-state index < -0.39 is 9.84 Å². The first-order valence-electron chi connectivity index (χ1n) is 6.16. The van der Waals surface area contributed by atoms with Crippen LogP contribution < -0.4 is 5.32 Å². The van der Waals surface area contributed by atoms with Crippen molar-refractivity contribution < 1.29 is 8.42 Å². The van der Waals surface area contributed by atoms with Crippen molar-refractivity contribution in [2.45, 2.75) is 18.4 Å². The Morgan fingerprint density at radius 2 is 2.05 bits per heavy atom. The summed E-state index contributed by atoms with van der Waals surface area (Å²) < 4.78 is 23.1. The van der Waals surface area contributed by atoms with E-state index in [-0.39, 0.29) is 5.69 Å². The number of sulfone groups is 1. The van der Waals surface area contributed by atoms with Crippen molar-refractivity contribution in [3.05, 3.63) is 47.4 Å². The van der Waals surface area contributed by atoms with Crippen molar-refractivity contribution in [2.75, 3.05) is 11.6 Å². The van der Waals surface area contributed by atoms with Gasteiger partial charge in [-0.2, -0.15) is 5.26 Å². The van der Waals surface area contributed by atoms with Gasteiger partial charge in [0.1, 0.15) is 11.9 Å². The number of nitrogens with one attached hydrogen (secondary N) is 1. The van der Waals surface area contributed by atoms with E-state index in [9.17, 15) is 8.42 Å². The van der Waals surface area contributed by atoms with Gasteiger partial charge in [0, 0.05) is 12.8 Å². The molecule has 0 amide bonds. The number of aryl methyl sites for hydroxylation is 1. The van der Waals surface area contributed by atoms with Gasteiger partial charge in [-0.05, 0) is 24.1 Å². The third kappa shape index (κ3) is 3.77. The predicted molar refractivity (Wildman–Crippen MR) is 78.4 cm³/mol. The van der Waals surface area contributed by atoms with Crippen LogP contribution in [0.2, 0.25) is 0 Å². The second-order valence-electron chi connectivity index (χ2n) is 4.62. The molecule has 0 atom stereocenters. The maximum atomic E-state index is 11.5. The van der Waals surface area contributed by atoms with E-state index in [1.807, 2.05) is 12.1 Å². The predicted octanol–water partition coefficient (Wildman–Crippen LogP) is 1.67. The largest absolute Gasteiger partial charge is 0.365 e. The number of hydrogen-bond acceptors (Lipinski definition) is 6. The molecule has 0 unspecified atom stereocenters. The standard InChI is InChI=1S/C14H14N4O2S/c1-10-5-11(3-4-13(10)21(2,19)20)7-17-14-9-16-12(6-15)8-18-14/h3-5,8-9H,7H2,1-2H3,(H,17,18). The summed E-state index contributed by atoms with van der Waals surface area (Å²) >= 11 is 0. The Kier molecular flexibility index (Phi) is 4.19. The van der Waals surface area contributed by atoms with Crippen LogP contribution in [0.15, 0.2) is 35.5 Å². The van der Waals surface area contributed by atoms with Crippen LogP contribution in [-0.4, -0.2) is 24.6 Å². The van der Waals surface area contributed by atoms with Crippen molar-refractivity contribution in [1.29, 1.82) is 5.26 Å². The second kappa shape index (κ2) is 5.89. The maximum absolute atomic E-state index is 11.5. The van der Waals surface area contributed by atoms with Gasteiger partial charge < -0.3 is 5.32 Å². The number of benzene rings is 1. The first-order chi connectivity index (χ1) is 9.90. The Balaban J connectivity index is 2.10. The van der Waals surface area contributed by atoms with E-state index >= 15 is 0 Å². The molecular weight excluding hydrogens is 288 g/mol. The van der Waals surface area contributed by atoms with Crippen LogP contribution >= 0.6 is 0 Å². The van der Waals surface area contributed by atoms with Crippen molar-refractivity contribution in [3.63, 3.8) is 0 Å². The lowest BCUT2D eigenvalue weighted by Gasteiger charge is -2.08. The van der Waals surface area contributed by atoms with Gasteiger partial charge in [-0.25, -0.2) is 18.4 Å². The minimum absolute atomic E-state index is 0.258. The molecule has 0 saturated heterocycles. The highest BCUT2D eigenvalue weighted by molar-refractivity contribution is 7.90. The lowest BCUT2D eigenvalue weighted by atomic mass is 10.1. The number of nitrogens with zero attached hydrogens (tertiary/aromatic N) is 3. The van der Waals surface area contributed by atoms with Gasteiger partial charge in [0.25, 0.3) is 0 Å². The van der Waals surface area contributed by atoms with E-state index in [2.05, 4.69) is 15.3 Å². The highest BCUT2D eigenvalue weighted by Crippen LogP contribution is 2.17. The van der Waals surface area contributed by atoms with Crippen LogP contribution in [0, 0.1) is 18.3 Å². The molecule has 0 saturated carbocycles. The zero-order valence-electron chi connectivity index (χ0n) is 11.7. The second-order valence-corrected chi connectivity index (χ2v) is 6.61. The van der Waals surface area contributed by atoms with Gasteiger partial charge in [-0.3, -0.25) is 0 Å². The van der Waals surface area contributed by atoms with E-state index in [4.69, 9.17) is 5.26 Å². The first-order valence-corrected chi connectivity index (χ1v) is 8.05. The summed E-state index contributed by atoms with van der Waals surface area (Å²) in [6.45, 7) is 2.26. The smallest absolute Gasteiger partial charge is 0.175 e. The molecule has 6 nitrogen and oxygen atoms in total. The minimum atomic E-state index is -3.20. The zero-order chi connectivity index (χ0) is 15.5. The third-order valence-electron chi connectivity index (χ3n) is 2.88. The highest BCUT2D eigenvalue weighted by Gasteiger charge is 2.10. The third-order valence-corrected chi connectivity index (χ3v) is 4.14. The highest BCUT2D eigenvalue weighted by atomic mass is 32.2. The summed E-state index contributed by atoms with van der Waals surface area (Å²) in [5.41, 5.74) is 1.91. The van der Waals surface area contributed by atoms with E-state index in [1.165, 1.54) is 18.6 Å². The molecule has 1 heterocycles. The van der Waals surface area contributed by atoms with E-state index in [1.54, 1.807) is 19.1 Å². The SMILES string of the molecule is Cc1cc(CNc2cnc(C#N)cn2)ccc1S(C)(=O)=O. The molecule has 0 aliphatic carbocycles. The summed E-state index contributed by atoms with van der Waals surface area (Å²) in [6, 6.07) is 7.08. The molecule has 2 aromatic rings. The van der Waals surface area contributed by atoms with Gasteiger partial charge in [0.15, 0.2) is 15.5 Å². The van der Waals surface area contributed by atoms with Crippen LogP contribution in [0.3, 0.4) is 0 Å². The van der Waals surface area contributed by atoms with E-state index in [0.717, 1.165) is 5.56 Å². The van der Waals surface area contributed by atoms with Gasteiger partial charge >= 0.3 is 0 Å². The summed E-state index contributed by atoms with van der Waals surface area (Å²) in [5, 5.41) is 11.7. The van der Waals surface area contributed by atoms with Crippen molar-refractivity contribution in [2.24, 2.45) is 0 Å². The molecule has 1 N–H and O–H groups in total. The number of hydrogen-bond donors (Lipinski definition) is 1. The summed E-state index contributed by atoms with van der Waals surface area (Å²) in [6.07, 6.45) is 4.07. The Hall–Kier alpha value is -2.46. The lowest BCUT2D eigenvalue weighted by Crippen LogP contribution is -2.05. The zero-order valence-corrected chi connectivity index (χ0v) is 12.5. The Labute approximate surface area is 123 Å². The molecule has 21 heavy (non-hydrogen) atoms. The number of rotatable bonds is 4. The van der Waals surface area contributed by atoms with Crippen LogP contribution in [0.25, 0.3) is 0 Å². The summed E-state index contributed by atoms with van der Waals surface area (Å²) in [5.74, 6) is 0.554. The molecule has 0 radical (unpaired) electrons. The number of nitriles is 1. The van der Waals surface area contributed by atoms with Gasteiger partial charge in [-0.1, -0.05) is 12.1 Å². The van der Waals surface area contributed by atoms with Crippen LogP contribution in [-0.2, 0) is 16.4 Å². The lowest BCUT2D eigenvalue weighted by molar-refractivity contribution is 0.601. The quantitative estimate of drug-likeness (QED) is 0.923. The fourth-order valence-corrected chi connectivity index (χ4v) is 2.87. The molecule has 108 valence electrons. The van der Waals surface area contributed by atoms with Crippen LogP contribution in [0.4, 0.5) is 5.82 Å². The molecule has 0 spiro atoms. The van der Waals surface area contributed by atoms with Gasteiger partial charge in [-0.15, -0.1) is 0 Å². The average Bonchev–Trinajstić information content (AvgIpc) is 2.44. The topological polar surface area (TPSA) is 95.7 Å². The van der Waals surface area contributed by atoms with Gasteiger partial charge in [0.05, 0.1) is 17.3 Å². The molecule has 1 aromatic carbocycles. The van der Waals surface area contributed by atoms with Gasteiger partial charge in [0.2, 0.25) is 0 Å². The summed E-state index contributed by atoms with van der Waals surface area (Å²) in [4.78, 5) is 8.30. The Bertz CT molecular complexity index is 793. The fourth-order valence-electron chi connectivity index (χ4n) is 1.91. The van der Waals surface area contributed by atoms with Crippen molar-refractivity contribution in [3.8, 4) is 6.07 Å². The molecule has 0 aliphatic rings. The normalized spacial score (nSPS) is 10.9. The number of anilines is 1. The first kappa shape index (κ1) is 14.9. The number of aromatic nitrogens is 2. The van der Waals surface area contributed by atoms with Crippen LogP contribution in [0.1, 0.15) is 16.8 Å². The molecule has 0 aliphatic heterocycles. The molecule has 2 rings (SSSR count). The molecule has 1 aromatic heterocycles. The molecule has 0 bridgehead atoms. The average molecular weight is 302 g/mol. The monoisotopic (exact) mass is 302 g/mol. The summed E-state index contributed by atoms with van der Waals surface area (Å²) in [7, 11) is -3.20. The van der Waals surface area contributed by atoms with Crippen LogP contribution in [0.5, 0.6) is 0 Å². The minimum Gasteiger partial charge on any atom is -0.365 e. The molecular formula is C14H14N4O2S.